The van der Waals surface area contributed by atoms with Crippen LogP contribution in [0, 0.1) is 0 Å². The highest BCUT2D eigenvalue weighted by Crippen LogP contribution is 2.42. The first-order chi connectivity index (χ1) is 35.0. The maximum absolute atomic E-state index is 9.45. The van der Waals surface area contributed by atoms with E-state index < -0.39 is 96.7 Å². The highest BCUT2D eigenvalue weighted by molar-refractivity contribution is 6.12. The van der Waals surface area contributed by atoms with Gasteiger partial charge in [-0.3, -0.25) is 4.57 Å². The summed E-state index contributed by atoms with van der Waals surface area (Å²) < 4.78 is 150. The molecule has 0 atom stereocenters. The fourth-order valence-electron chi connectivity index (χ4n) is 7.88. The summed E-state index contributed by atoms with van der Waals surface area (Å²) in [5, 5.41) is 0.827. The molecule has 12 rings (SSSR count). The van der Waals surface area contributed by atoms with Crippen LogP contribution in [0.15, 0.2) is 194 Å². The molecule has 12 aromatic rings. The summed E-state index contributed by atoms with van der Waals surface area (Å²) in [6.07, 6.45) is 0. The number of nitrogens with zero attached hydrogens (tertiary/aromatic N) is 6. The summed E-state index contributed by atoms with van der Waals surface area (Å²) in [5.41, 5.74) is 0.748. The standard InChI is InChI=1S/C51H32N6/c1-2-17-33(18-3-1)49-52-50(54-51(53-49)57-44-29-14-8-23-38(44)39-24-9-15-30-45(39)57)48-46(55-40-25-10-4-19-34(40)35-20-5-11-26-41(35)55)31-16-32-47(48)56-42-27-12-6-21-36(42)37-22-7-13-28-43(37)56/h1-32H/i4D,5D,6D,7D,10D,11D,12D,13D,19D,20D,21D,22D,25D,26D,27D,28D. The molecule has 0 aliphatic carbocycles. The Balaban J connectivity index is 1.37. The summed E-state index contributed by atoms with van der Waals surface area (Å²) in [6, 6.07) is 18.6. The molecule has 0 aliphatic rings. The molecule has 6 nitrogen and oxygen atoms in total. The van der Waals surface area contributed by atoms with E-state index in [1.165, 1.54) is 27.3 Å². The molecule has 0 fully saturated rings. The topological polar surface area (TPSA) is 53.5 Å². The first kappa shape index (κ1) is 19.7. The van der Waals surface area contributed by atoms with E-state index in [2.05, 4.69) is 0 Å². The number of para-hydroxylation sites is 6. The Morgan fingerprint density at radius 2 is 0.754 bits per heavy atom. The lowest BCUT2D eigenvalue weighted by molar-refractivity contribution is 0.949. The van der Waals surface area contributed by atoms with Crippen molar-refractivity contribution in [3.05, 3.63) is 194 Å². The molecule has 57 heavy (non-hydrogen) atoms. The van der Waals surface area contributed by atoms with E-state index in [0.29, 0.717) is 16.6 Å². The average molecular weight is 745 g/mol. The van der Waals surface area contributed by atoms with Gasteiger partial charge >= 0.3 is 0 Å². The number of fused-ring (bicyclic) bond motifs is 9. The van der Waals surface area contributed by atoms with Crippen LogP contribution < -0.4 is 0 Å². The van der Waals surface area contributed by atoms with Gasteiger partial charge in [0.25, 0.3) is 0 Å². The molecule has 0 N–H and O–H groups in total. The predicted molar refractivity (Wildman–Crippen MR) is 234 cm³/mol. The summed E-state index contributed by atoms with van der Waals surface area (Å²) in [4.78, 5) is 15.4. The minimum atomic E-state index is -0.677. The van der Waals surface area contributed by atoms with E-state index in [0.717, 1.165) is 10.8 Å². The second kappa shape index (κ2) is 12.3. The Hall–Kier alpha value is -7.83. The average Bonchev–Trinajstić information content (AvgIpc) is 4.08. The van der Waals surface area contributed by atoms with Gasteiger partial charge in [-0.05, 0) is 48.4 Å². The van der Waals surface area contributed by atoms with Crippen molar-refractivity contribution in [2.75, 3.05) is 0 Å². The molecule has 266 valence electrons. The Labute approximate surface area is 349 Å². The number of hydrogen-bond acceptors (Lipinski definition) is 3. The van der Waals surface area contributed by atoms with Gasteiger partial charge in [-0.25, -0.2) is 4.98 Å². The van der Waals surface area contributed by atoms with Gasteiger partial charge < -0.3 is 9.13 Å². The van der Waals surface area contributed by atoms with E-state index in [1.807, 2.05) is 59.2 Å². The summed E-state index contributed by atoms with van der Waals surface area (Å²) >= 11 is 0. The molecule has 0 saturated carbocycles. The SMILES string of the molecule is [2H]c1c([2H])c([2H])c2c(c1[2H])c1c([2H])c([2H])c([2H])c([2H])c1n2-c1cccc(-n2c3c([2H])c([2H])c([2H])c([2H])c3c3c([2H])c([2H])c([2H])c([2H])c32)c1-c1nc(-c2ccccc2)nc(-n2c3ccccc3c3ccccc32)n1. The monoisotopic (exact) mass is 744 g/mol. The largest absolute Gasteiger partial charge is 0.308 e. The van der Waals surface area contributed by atoms with E-state index in [-0.39, 0.29) is 78.1 Å². The van der Waals surface area contributed by atoms with Gasteiger partial charge in [-0.2, -0.15) is 9.97 Å². The molecular formula is C51H32N6. The molecule has 0 spiro atoms. The second-order valence-corrected chi connectivity index (χ2v) is 13.3. The van der Waals surface area contributed by atoms with Gasteiger partial charge in [0.2, 0.25) is 5.95 Å². The zero-order valence-corrected chi connectivity index (χ0v) is 29.4. The third-order valence-electron chi connectivity index (χ3n) is 10.2. The van der Waals surface area contributed by atoms with Crippen molar-refractivity contribution in [3.8, 4) is 40.1 Å². The normalized spacial score (nSPS) is 15.8. The lowest BCUT2D eigenvalue weighted by atomic mass is 10.1. The number of hydrogen-bond donors (Lipinski definition) is 0. The first-order valence-corrected chi connectivity index (χ1v) is 17.9. The molecular weight excluding hydrogens is 697 g/mol. The zero-order chi connectivity index (χ0) is 51.4. The Bertz CT molecular complexity index is 4080. The van der Waals surface area contributed by atoms with E-state index in [4.69, 9.17) is 25.9 Å². The minimum Gasteiger partial charge on any atom is -0.308 e. The molecule has 0 radical (unpaired) electrons. The van der Waals surface area contributed by atoms with Crippen LogP contribution in [0.4, 0.5) is 0 Å². The molecule has 8 aromatic carbocycles. The van der Waals surface area contributed by atoms with Gasteiger partial charge in [0.1, 0.15) is 0 Å². The van der Waals surface area contributed by atoms with Gasteiger partial charge in [-0.1, -0.05) is 145 Å². The Morgan fingerprint density at radius 1 is 0.333 bits per heavy atom. The van der Waals surface area contributed by atoms with Crippen molar-refractivity contribution in [2.24, 2.45) is 0 Å². The fraction of sp³-hybridized carbons (Fsp3) is 0. The van der Waals surface area contributed by atoms with Gasteiger partial charge in [0.15, 0.2) is 11.6 Å². The van der Waals surface area contributed by atoms with E-state index >= 15 is 0 Å². The van der Waals surface area contributed by atoms with Crippen molar-refractivity contribution < 1.29 is 21.9 Å². The second-order valence-electron chi connectivity index (χ2n) is 13.3. The van der Waals surface area contributed by atoms with Gasteiger partial charge in [0.05, 0.1) is 72.0 Å². The van der Waals surface area contributed by atoms with Crippen LogP contribution in [0.25, 0.3) is 106 Å². The van der Waals surface area contributed by atoms with Crippen LogP contribution in [0.5, 0.6) is 0 Å². The van der Waals surface area contributed by atoms with Crippen LogP contribution in [-0.4, -0.2) is 28.7 Å². The van der Waals surface area contributed by atoms with Gasteiger partial charge in [0, 0.05) is 37.9 Å². The maximum atomic E-state index is 9.45. The highest BCUT2D eigenvalue weighted by Gasteiger charge is 2.25. The van der Waals surface area contributed by atoms with Crippen molar-refractivity contribution in [2.45, 2.75) is 0 Å². The molecule has 0 bridgehead atoms. The van der Waals surface area contributed by atoms with Crippen LogP contribution >= 0.6 is 0 Å². The number of benzene rings is 8. The fourth-order valence-corrected chi connectivity index (χ4v) is 7.88. The molecule has 6 heteroatoms. The molecule has 4 heterocycles. The van der Waals surface area contributed by atoms with Crippen molar-refractivity contribution in [1.82, 2.24) is 28.7 Å². The minimum absolute atomic E-state index is 0.0531. The van der Waals surface area contributed by atoms with E-state index in [1.54, 1.807) is 24.3 Å². The number of rotatable bonds is 5. The molecule has 0 aliphatic heterocycles. The lowest BCUT2D eigenvalue weighted by Crippen LogP contribution is -2.10. The Kier molecular flexibility index (Phi) is 4.26. The van der Waals surface area contributed by atoms with Gasteiger partial charge in [-0.15, -0.1) is 0 Å². The highest BCUT2D eigenvalue weighted by atomic mass is 15.2. The van der Waals surface area contributed by atoms with Crippen molar-refractivity contribution >= 4 is 65.4 Å². The van der Waals surface area contributed by atoms with Crippen LogP contribution in [0.2, 0.25) is 0 Å². The predicted octanol–water partition coefficient (Wildman–Crippen LogP) is 12.5. The first-order valence-electron chi connectivity index (χ1n) is 25.9. The van der Waals surface area contributed by atoms with Crippen molar-refractivity contribution in [1.29, 1.82) is 0 Å². The summed E-state index contributed by atoms with van der Waals surface area (Å²) in [5.74, 6) is 0.0455. The maximum Gasteiger partial charge on any atom is 0.238 e. The summed E-state index contributed by atoms with van der Waals surface area (Å²) in [7, 11) is 0. The molecule has 0 unspecified atom stereocenters. The number of aromatic nitrogens is 6. The van der Waals surface area contributed by atoms with Crippen LogP contribution in [0.3, 0.4) is 0 Å². The summed E-state index contributed by atoms with van der Waals surface area (Å²) in [6.45, 7) is 0. The van der Waals surface area contributed by atoms with E-state index in [9.17, 15) is 11.0 Å². The quantitative estimate of drug-likeness (QED) is 0.176. The molecule has 0 saturated heterocycles. The molecule has 0 amide bonds. The zero-order valence-electron chi connectivity index (χ0n) is 45.4. The third kappa shape index (κ3) is 4.68. The third-order valence-corrected chi connectivity index (χ3v) is 10.2. The van der Waals surface area contributed by atoms with Crippen molar-refractivity contribution in [3.63, 3.8) is 0 Å². The lowest BCUT2D eigenvalue weighted by Gasteiger charge is -2.20. The Morgan fingerprint density at radius 3 is 1.25 bits per heavy atom. The molecule has 4 aromatic heterocycles. The smallest absolute Gasteiger partial charge is 0.238 e. The van der Waals surface area contributed by atoms with Crippen LogP contribution in [-0.2, 0) is 0 Å². The van der Waals surface area contributed by atoms with Crippen LogP contribution in [0.1, 0.15) is 21.9 Å².